The molecule has 0 aliphatic heterocycles. The van der Waals surface area contributed by atoms with Crippen molar-refractivity contribution in [2.45, 2.75) is 11.8 Å². The number of ether oxygens (including phenoxy) is 2. The van der Waals surface area contributed by atoms with E-state index in [-0.39, 0.29) is 0 Å². The number of aromatic nitrogens is 2. The van der Waals surface area contributed by atoms with Gasteiger partial charge < -0.3 is 14.5 Å². The van der Waals surface area contributed by atoms with Gasteiger partial charge in [-0.3, -0.25) is 0 Å². The Morgan fingerprint density at radius 1 is 1.22 bits per heavy atom. The molecular formula is C24H17ClIN3O2S. The summed E-state index contributed by atoms with van der Waals surface area (Å²) in [5.74, 6) is 1.26. The predicted molar refractivity (Wildman–Crippen MR) is 137 cm³/mol. The molecule has 0 radical (unpaired) electrons. The van der Waals surface area contributed by atoms with Gasteiger partial charge in [-0.25, -0.2) is 4.98 Å². The highest BCUT2D eigenvalue weighted by Gasteiger charge is 2.13. The summed E-state index contributed by atoms with van der Waals surface area (Å²) in [5, 5.41) is 11.0. The Kier molecular flexibility index (Phi) is 7.25. The van der Waals surface area contributed by atoms with Crippen LogP contribution in [0.2, 0.25) is 5.02 Å². The van der Waals surface area contributed by atoms with Crippen molar-refractivity contribution in [1.29, 1.82) is 5.26 Å². The molecule has 0 aliphatic carbocycles. The van der Waals surface area contributed by atoms with Crippen molar-refractivity contribution in [1.82, 2.24) is 9.97 Å². The molecule has 0 fully saturated rings. The molecule has 1 N–H and O–H groups in total. The number of benzene rings is 3. The van der Waals surface area contributed by atoms with E-state index >= 15 is 0 Å². The van der Waals surface area contributed by atoms with Crippen LogP contribution in [-0.4, -0.2) is 17.1 Å². The molecule has 0 amide bonds. The first-order valence-electron chi connectivity index (χ1n) is 9.55. The molecule has 0 aliphatic rings. The summed E-state index contributed by atoms with van der Waals surface area (Å²) in [7, 11) is 1.60. The number of methoxy groups -OCH3 is 1. The van der Waals surface area contributed by atoms with E-state index in [1.54, 1.807) is 7.11 Å². The van der Waals surface area contributed by atoms with E-state index < -0.39 is 0 Å². The van der Waals surface area contributed by atoms with Gasteiger partial charge in [0.1, 0.15) is 12.7 Å². The van der Waals surface area contributed by atoms with Crippen LogP contribution in [-0.2, 0) is 6.61 Å². The first-order valence-corrected chi connectivity index (χ1v) is 11.8. The zero-order chi connectivity index (χ0) is 22.5. The lowest BCUT2D eigenvalue weighted by Gasteiger charge is -2.14. The van der Waals surface area contributed by atoms with E-state index in [1.807, 2.05) is 66.7 Å². The summed E-state index contributed by atoms with van der Waals surface area (Å²) >= 11 is 9.45. The Labute approximate surface area is 208 Å². The van der Waals surface area contributed by atoms with E-state index in [1.165, 1.54) is 11.8 Å². The van der Waals surface area contributed by atoms with Crippen molar-refractivity contribution < 1.29 is 9.47 Å². The standard InChI is InChI=1S/C24H17ClIN3O2S/c1-30-22-12-16(11-19(26)23(22)31-14-15-6-8-17(25)9-7-15)10-18(13-27)32-24-28-20-4-2-3-5-21(20)29-24/h2-12H,14H2,1H3,(H,28,29)/b18-10+. The summed E-state index contributed by atoms with van der Waals surface area (Å²) in [6.07, 6.45) is 1.81. The van der Waals surface area contributed by atoms with Crippen molar-refractivity contribution in [3.8, 4) is 17.6 Å². The Morgan fingerprint density at radius 2 is 2.00 bits per heavy atom. The van der Waals surface area contributed by atoms with Gasteiger partial charge in [-0.05, 0) is 88.0 Å². The first-order chi connectivity index (χ1) is 15.6. The summed E-state index contributed by atoms with van der Waals surface area (Å²) in [6.45, 7) is 0.393. The van der Waals surface area contributed by atoms with E-state index in [0.717, 1.165) is 25.7 Å². The van der Waals surface area contributed by atoms with Gasteiger partial charge in [0.05, 0.1) is 26.6 Å². The number of rotatable bonds is 7. The minimum absolute atomic E-state index is 0.393. The third kappa shape index (κ3) is 5.38. The molecule has 0 atom stereocenters. The van der Waals surface area contributed by atoms with Gasteiger partial charge in [-0.2, -0.15) is 5.26 Å². The number of imidazole rings is 1. The average molecular weight is 574 g/mol. The average Bonchev–Trinajstić information content (AvgIpc) is 3.21. The quantitative estimate of drug-likeness (QED) is 0.146. The molecule has 8 heteroatoms. The van der Waals surface area contributed by atoms with Crippen LogP contribution in [0.5, 0.6) is 11.5 Å². The number of nitrogens with zero attached hydrogens (tertiary/aromatic N) is 2. The Bertz CT molecular complexity index is 1300. The number of hydrogen-bond acceptors (Lipinski definition) is 5. The Hall–Kier alpha value is -2.67. The van der Waals surface area contributed by atoms with Gasteiger partial charge in [-0.1, -0.05) is 35.9 Å². The monoisotopic (exact) mass is 573 g/mol. The summed E-state index contributed by atoms with van der Waals surface area (Å²) in [5.41, 5.74) is 3.65. The number of hydrogen-bond donors (Lipinski definition) is 1. The number of H-pyrrole nitrogens is 1. The fraction of sp³-hybridized carbons (Fsp3) is 0.0833. The third-order valence-corrected chi connectivity index (χ3v) is 6.40. The van der Waals surface area contributed by atoms with Crippen LogP contribution in [0.4, 0.5) is 0 Å². The van der Waals surface area contributed by atoms with Crippen LogP contribution in [0.15, 0.2) is 70.7 Å². The van der Waals surface area contributed by atoms with Crippen LogP contribution >= 0.6 is 46.0 Å². The highest BCUT2D eigenvalue weighted by atomic mass is 127. The molecular weight excluding hydrogens is 557 g/mol. The van der Waals surface area contributed by atoms with Crippen LogP contribution in [0.3, 0.4) is 0 Å². The minimum atomic E-state index is 0.393. The Morgan fingerprint density at radius 3 is 2.72 bits per heavy atom. The van der Waals surface area contributed by atoms with Crippen LogP contribution in [0.1, 0.15) is 11.1 Å². The molecule has 0 saturated carbocycles. The van der Waals surface area contributed by atoms with Crippen molar-refractivity contribution in [2.75, 3.05) is 7.11 Å². The topological polar surface area (TPSA) is 70.9 Å². The van der Waals surface area contributed by atoms with Crippen LogP contribution in [0, 0.1) is 14.9 Å². The number of para-hydroxylation sites is 2. The highest BCUT2D eigenvalue weighted by Crippen LogP contribution is 2.36. The lowest BCUT2D eigenvalue weighted by atomic mass is 10.2. The molecule has 32 heavy (non-hydrogen) atoms. The van der Waals surface area contributed by atoms with E-state index in [4.69, 9.17) is 21.1 Å². The van der Waals surface area contributed by atoms with E-state index in [0.29, 0.717) is 33.2 Å². The smallest absolute Gasteiger partial charge is 0.174 e. The van der Waals surface area contributed by atoms with Gasteiger partial charge in [0.15, 0.2) is 16.7 Å². The Balaban J connectivity index is 1.55. The van der Waals surface area contributed by atoms with Crippen molar-refractivity contribution in [3.05, 3.63) is 85.3 Å². The number of halogens is 2. The second-order valence-corrected chi connectivity index (χ2v) is 9.36. The zero-order valence-corrected chi connectivity index (χ0v) is 20.7. The molecule has 4 rings (SSSR count). The fourth-order valence-corrected chi connectivity index (χ4v) is 4.68. The van der Waals surface area contributed by atoms with Crippen molar-refractivity contribution in [2.24, 2.45) is 0 Å². The van der Waals surface area contributed by atoms with Gasteiger partial charge in [-0.15, -0.1) is 0 Å². The lowest BCUT2D eigenvalue weighted by Crippen LogP contribution is -2.00. The largest absolute Gasteiger partial charge is 0.493 e. The second-order valence-electron chi connectivity index (χ2n) is 6.73. The van der Waals surface area contributed by atoms with Gasteiger partial charge in [0.2, 0.25) is 0 Å². The third-order valence-electron chi connectivity index (χ3n) is 4.53. The molecule has 0 unspecified atom stereocenters. The minimum Gasteiger partial charge on any atom is -0.493 e. The number of aromatic amines is 1. The van der Waals surface area contributed by atoms with E-state index in [9.17, 15) is 5.26 Å². The number of allylic oxidation sites excluding steroid dienone is 1. The number of thioether (sulfide) groups is 1. The summed E-state index contributed by atoms with van der Waals surface area (Å²) in [6, 6.07) is 21.3. The molecule has 5 nitrogen and oxygen atoms in total. The van der Waals surface area contributed by atoms with Crippen LogP contribution < -0.4 is 9.47 Å². The molecule has 0 bridgehead atoms. The van der Waals surface area contributed by atoms with Crippen molar-refractivity contribution in [3.63, 3.8) is 0 Å². The fourth-order valence-electron chi connectivity index (χ4n) is 3.02. The SMILES string of the molecule is COc1cc(/C=C(\C#N)Sc2nc3ccccc3[nH]2)cc(I)c1OCc1ccc(Cl)cc1. The molecule has 4 aromatic rings. The summed E-state index contributed by atoms with van der Waals surface area (Å²) < 4.78 is 12.5. The molecule has 1 heterocycles. The van der Waals surface area contributed by atoms with Gasteiger partial charge >= 0.3 is 0 Å². The van der Waals surface area contributed by atoms with Crippen LogP contribution in [0.25, 0.3) is 17.1 Å². The lowest BCUT2D eigenvalue weighted by molar-refractivity contribution is 0.282. The molecule has 1 aromatic heterocycles. The molecule has 0 saturated heterocycles. The van der Waals surface area contributed by atoms with Gasteiger partial charge in [0, 0.05) is 5.02 Å². The highest BCUT2D eigenvalue weighted by molar-refractivity contribution is 14.1. The number of nitriles is 1. The maximum atomic E-state index is 9.66. The molecule has 3 aromatic carbocycles. The maximum Gasteiger partial charge on any atom is 0.174 e. The van der Waals surface area contributed by atoms with Crippen molar-refractivity contribution >= 4 is 63.1 Å². The predicted octanol–water partition coefficient (Wildman–Crippen LogP) is 7.07. The summed E-state index contributed by atoms with van der Waals surface area (Å²) in [4.78, 5) is 8.27. The number of nitrogens with one attached hydrogen (secondary N) is 1. The number of fused-ring (bicyclic) bond motifs is 1. The first kappa shape index (κ1) is 22.5. The molecule has 160 valence electrons. The van der Waals surface area contributed by atoms with E-state index in [2.05, 4.69) is 38.6 Å². The van der Waals surface area contributed by atoms with Gasteiger partial charge in [0.25, 0.3) is 0 Å². The zero-order valence-electron chi connectivity index (χ0n) is 16.9. The second kappa shape index (κ2) is 10.3. The molecule has 0 spiro atoms. The normalized spacial score (nSPS) is 11.4. The maximum absolute atomic E-state index is 9.66.